The molecule has 0 aromatic heterocycles. The minimum atomic E-state index is -0.498. The Morgan fingerprint density at radius 3 is 2.54 bits per heavy atom. The predicted molar refractivity (Wildman–Crippen MR) is 95.6 cm³/mol. The average molecular weight is 571 g/mol. The van der Waals surface area contributed by atoms with Crippen molar-refractivity contribution in [3.63, 3.8) is 0 Å². The van der Waals surface area contributed by atoms with Crippen molar-refractivity contribution in [3.05, 3.63) is 12.2 Å². The molecule has 1 radical (unpaired) electrons. The number of hydrogen-bond donors (Lipinski definition) is 1. The Hall–Kier alpha value is 0.612. The van der Waals surface area contributed by atoms with Crippen LogP contribution in [0.15, 0.2) is 12.2 Å². The number of ether oxygens (including phenoxy) is 1. The van der Waals surface area contributed by atoms with Crippen molar-refractivity contribution >= 4 is 5.97 Å². The molecule has 0 aliphatic heterocycles. The van der Waals surface area contributed by atoms with Crippen molar-refractivity contribution in [2.45, 2.75) is 76.4 Å². The minimum absolute atomic E-state index is 0. The molecule has 5 rings (SSSR count). The van der Waals surface area contributed by atoms with Crippen molar-refractivity contribution < 1.29 is 58.7 Å². The van der Waals surface area contributed by atoms with E-state index in [2.05, 4.69) is 19.1 Å². The first-order valence-corrected chi connectivity index (χ1v) is 10.7. The Labute approximate surface area is 193 Å². The summed E-state index contributed by atoms with van der Waals surface area (Å²) in [4.78, 5) is 12.5. The largest absolute Gasteiger partial charge is 0.459 e. The molecule has 5 aliphatic rings. The molecule has 4 fully saturated rings. The van der Waals surface area contributed by atoms with Crippen LogP contribution in [-0.4, -0.2) is 22.8 Å². The molecule has 26 heavy (non-hydrogen) atoms. The van der Waals surface area contributed by atoms with Crippen LogP contribution in [0.3, 0.4) is 0 Å². The normalized spacial score (nSPS) is 44.8. The first-order chi connectivity index (χ1) is 12.1. The second-order valence-corrected chi connectivity index (χ2v) is 9.65. The third-order valence-corrected chi connectivity index (χ3v) is 8.68. The smallest absolute Gasteiger partial charge is 0.308 e. The van der Waals surface area contributed by atoms with Gasteiger partial charge in [-0.05, 0) is 92.8 Å². The third kappa shape index (κ3) is 3.09. The molecule has 141 valence electrons. The van der Waals surface area contributed by atoms with Gasteiger partial charge in [-0.2, -0.15) is 0 Å². The standard InChI is InChI=1S/C22H32O3.Ac/c1-2-22(7-3-4-8-22)25-19(24)12-18(23)16-10-15-11-17(16)21-14-6-5-13(9-14)20(15)21;/h5-6,13-18,20-21,23H,2-4,7-12H2,1H3;. The molecule has 4 heteroatoms. The first-order valence-electron chi connectivity index (χ1n) is 10.7. The summed E-state index contributed by atoms with van der Waals surface area (Å²) in [5.41, 5.74) is -0.230. The van der Waals surface area contributed by atoms with Gasteiger partial charge in [-0.1, -0.05) is 19.1 Å². The number of rotatable bonds is 5. The van der Waals surface area contributed by atoms with Crippen LogP contribution in [-0.2, 0) is 9.53 Å². The van der Waals surface area contributed by atoms with E-state index in [0.29, 0.717) is 11.8 Å². The van der Waals surface area contributed by atoms with Gasteiger partial charge in [0.15, 0.2) is 0 Å². The van der Waals surface area contributed by atoms with Crippen LogP contribution in [0.25, 0.3) is 0 Å². The summed E-state index contributed by atoms with van der Waals surface area (Å²) in [5.74, 6) is 4.86. The van der Waals surface area contributed by atoms with Gasteiger partial charge in [-0.3, -0.25) is 4.79 Å². The molecular weight excluding hydrogens is 539 g/mol. The van der Waals surface area contributed by atoms with E-state index in [1.54, 1.807) is 0 Å². The summed E-state index contributed by atoms with van der Waals surface area (Å²) in [5, 5.41) is 10.8. The van der Waals surface area contributed by atoms with Crippen LogP contribution in [0.5, 0.6) is 0 Å². The van der Waals surface area contributed by atoms with Gasteiger partial charge in [0.05, 0.1) is 12.5 Å². The molecule has 0 amide bonds. The third-order valence-electron chi connectivity index (χ3n) is 8.68. The quantitative estimate of drug-likeness (QED) is 0.307. The summed E-state index contributed by atoms with van der Waals surface area (Å²) < 4.78 is 5.88. The SMILES string of the molecule is CCC1(OC(=O)CC(O)C2CC3CC2C2C4C=CC(C4)C32)CCCC1.[Ac]. The van der Waals surface area contributed by atoms with E-state index in [1.807, 2.05) is 0 Å². The Morgan fingerprint density at radius 1 is 1.15 bits per heavy atom. The van der Waals surface area contributed by atoms with Gasteiger partial charge in [-0.15, -0.1) is 0 Å². The molecule has 0 spiro atoms. The molecule has 0 aromatic rings. The van der Waals surface area contributed by atoms with Crippen LogP contribution in [0.2, 0.25) is 0 Å². The molecular formula is C22H32AcO3. The number of carbonyl (C=O) groups excluding carboxylic acids is 1. The van der Waals surface area contributed by atoms with Crippen molar-refractivity contribution in [1.29, 1.82) is 0 Å². The molecule has 0 aromatic carbocycles. The van der Waals surface area contributed by atoms with Gasteiger partial charge in [-0.25, -0.2) is 0 Å². The van der Waals surface area contributed by atoms with Crippen molar-refractivity contribution in [3.8, 4) is 0 Å². The fourth-order valence-corrected chi connectivity index (χ4v) is 7.66. The van der Waals surface area contributed by atoms with Gasteiger partial charge in [0.2, 0.25) is 0 Å². The second-order valence-electron chi connectivity index (χ2n) is 9.65. The molecule has 0 heterocycles. The maximum absolute atomic E-state index is 12.5. The summed E-state index contributed by atoms with van der Waals surface area (Å²) >= 11 is 0. The topological polar surface area (TPSA) is 46.5 Å². The van der Waals surface area contributed by atoms with Crippen molar-refractivity contribution in [2.75, 3.05) is 0 Å². The number of aliphatic hydroxyl groups is 1. The summed E-state index contributed by atoms with van der Waals surface area (Å²) in [6, 6.07) is 0. The minimum Gasteiger partial charge on any atom is -0.459 e. The number of fused-ring (bicyclic) bond motifs is 9. The van der Waals surface area contributed by atoms with Gasteiger partial charge in [0.25, 0.3) is 0 Å². The average Bonchev–Trinajstić information content (AvgIpc) is 3.37. The fraction of sp³-hybridized carbons (Fsp3) is 0.864. The first kappa shape index (κ1) is 19.9. The molecule has 5 aliphatic carbocycles. The Balaban J connectivity index is 0.00000168. The van der Waals surface area contributed by atoms with E-state index < -0.39 is 6.10 Å². The fourth-order valence-electron chi connectivity index (χ4n) is 7.66. The van der Waals surface area contributed by atoms with Crippen LogP contribution in [0, 0.1) is 85.5 Å². The van der Waals surface area contributed by atoms with E-state index in [9.17, 15) is 9.90 Å². The van der Waals surface area contributed by atoms with Crippen molar-refractivity contribution in [2.24, 2.45) is 41.4 Å². The van der Waals surface area contributed by atoms with Crippen LogP contribution in [0.1, 0.15) is 64.7 Å². The van der Waals surface area contributed by atoms with Crippen LogP contribution >= 0.6 is 0 Å². The number of esters is 1. The molecule has 8 unspecified atom stereocenters. The van der Waals surface area contributed by atoms with Gasteiger partial charge >= 0.3 is 5.97 Å². The summed E-state index contributed by atoms with van der Waals surface area (Å²) in [6.45, 7) is 2.12. The van der Waals surface area contributed by atoms with Gasteiger partial charge in [0, 0.05) is 44.1 Å². The van der Waals surface area contributed by atoms with E-state index in [4.69, 9.17) is 4.74 Å². The maximum Gasteiger partial charge on any atom is 0.308 e. The monoisotopic (exact) mass is 571 g/mol. The molecule has 3 nitrogen and oxygen atoms in total. The van der Waals surface area contributed by atoms with Gasteiger partial charge < -0.3 is 9.84 Å². The molecule has 1 N–H and O–H groups in total. The summed E-state index contributed by atoms with van der Waals surface area (Å²) in [7, 11) is 0. The zero-order valence-corrected chi connectivity index (χ0v) is 20.7. The molecule has 4 bridgehead atoms. The second kappa shape index (κ2) is 7.46. The Bertz CT molecular complexity index is 582. The number of hydrogen-bond acceptors (Lipinski definition) is 3. The van der Waals surface area contributed by atoms with E-state index in [0.717, 1.165) is 68.1 Å². The summed E-state index contributed by atoms with van der Waals surface area (Å²) in [6.07, 6.45) is 13.6. The van der Waals surface area contributed by atoms with E-state index >= 15 is 0 Å². The molecule has 4 saturated carbocycles. The Morgan fingerprint density at radius 2 is 1.85 bits per heavy atom. The van der Waals surface area contributed by atoms with E-state index in [-0.39, 0.29) is 62.1 Å². The molecule has 0 saturated heterocycles. The van der Waals surface area contributed by atoms with E-state index in [1.165, 1.54) is 12.8 Å². The number of aliphatic hydroxyl groups excluding tert-OH is 1. The predicted octanol–water partition coefficient (Wildman–Crippen LogP) is 4.10. The molecule has 8 atom stereocenters. The zero-order valence-electron chi connectivity index (χ0n) is 16.0. The van der Waals surface area contributed by atoms with Crippen LogP contribution in [0.4, 0.5) is 0 Å². The maximum atomic E-state index is 12.5. The zero-order chi connectivity index (χ0) is 17.2. The van der Waals surface area contributed by atoms with Crippen LogP contribution < -0.4 is 0 Å². The number of allylic oxidation sites excluding steroid dienone is 2. The van der Waals surface area contributed by atoms with Gasteiger partial charge in [0.1, 0.15) is 5.60 Å². The Kier molecular flexibility index (Phi) is 5.71. The number of carbonyl (C=O) groups is 1. The van der Waals surface area contributed by atoms with Crippen molar-refractivity contribution in [1.82, 2.24) is 0 Å².